The van der Waals surface area contributed by atoms with Crippen LogP contribution in [0.1, 0.15) is 32.3 Å². The molecule has 0 aliphatic rings. The van der Waals surface area contributed by atoms with Gasteiger partial charge in [0.05, 0.1) is 11.5 Å². The second-order valence-electron chi connectivity index (χ2n) is 5.27. The van der Waals surface area contributed by atoms with Crippen LogP contribution in [-0.4, -0.2) is 34.6 Å². The number of benzene rings is 1. The lowest BCUT2D eigenvalue weighted by atomic mass is 10.0. The molecule has 0 aromatic heterocycles. The molecular formula is C16H26N2O4S. The van der Waals surface area contributed by atoms with Gasteiger partial charge in [-0.15, -0.1) is 0 Å². The minimum Gasteiger partial charge on any atom is -0.383 e. The van der Waals surface area contributed by atoms with E-state index in [1.165, 1.54) is 19.2 Å². The zero-order valence-corrected chi connectivity index (χ0v) is 14.8. The average Bonchev–Trinajstić information content (AvgIpc) is 2.54. The third-order valence-electron chi connectivity index (χ3n) is 3.66. The van der Waals surface area contributed by atoms with E-state index in [0.29, 0.717) is 13.2 Å². The monoisotopic (exact) mass is 342 g/mol. The fourth-order valence-electron chi connectivity index (χ4n) is 2.14. The molecule has 1 amide bonds. The van der Waals surface area contributed by atoms with Crippen molar-refractivity contribution >= 4 is 15.9 Å². The standard InChI is InChI=1S/C16H26N2O4S/c1-4-14(5-2)16(19)17-12-13-6-8-15(9-7-13)23(20,21)18-10-11-22-3/h6-9,14,18H,4-5,10-12H2,1-3H3,(H,17,19). The Kier molecular flexibility index (Phi) is 8.22. The molecule has 1 rings (SSSR count). The summed E-state index contributed by atoms with van der Waals surface area (Å²) in [5.74, 6) is 0.0626. The summed E-state index contributed by atoms with van der Waals surface area (Å²) in [4.78, 5) is 12.1. The first-order valence-electron chi connectivity index (χ1n) is 7.79. The Balaban J connectivity index is 2.61. The van der Waals surface area contributed by atoms with Gasteiger partial charge in [-0.1, -0.05) is 26.0 Å². The first kappa shape index (κ1) is 19.6. The van der Waals surface area contributed by atoms with E-state index in [-0.39, 0.29) is 23.3 Å². The van der Waals surface area contributed by atoms with Crippen molar-refractivity contribution in [2.24, 2.45) is 5.92 Å². The number of rotatable bonds is 10. The Bertz CT molecular complexity index is 581. The highest BCUT2D eigenvalue weighted by molar-refractivity contribution is 7.89. The molecule has 7 heteroatoms. The fourth-order valence-corrected chi connectivity index (χ4v) is 3.15. The second-order valence-corrected chi connectivity index (χ2v) is 7.03. The smallest absolute Gasteiger partial charge is 0.240 e. The molecule has 1 aromatic rings. The molecule has 23 heavy (non-hydrogen) atoms. The summed E-state index contributed by atoms with van der Waals surface area (Å²) in [6.07, 6.45) is 1.62. The van der Waals surface area contributed by atoms with Crippen molar-refractivity contribution in [3.8, 4) is 0 Å². The number of ether oxygens (including phenoxy) is 1. The normalized spacial score (nSPS) is 11.7. The van der Waals surface area contributed by atoms with Gasteiger partial charge in [-0.2, -0.15) is 0 Å². The van der Waals surface area contributed by atoms with Crippen LogP contribution < -0.4 is 10.0 Å². The van der Waals surface area contributed by atoms with Crippen molar-refractivity contribution in [2.75, 3.05) is 20.3 Å². The second kappa shape index (κ2) is 9.64. The van der Waals surface area contributed by atoms with Gasteiger partial charge >= 0.3 is 0 Å². The SMILES string of the molecule is CCC(CC)C(=O)NCc1ccc(S(=O)(=O)NCCOC)cc1. The Morgan fingerprint density at radius 2 is 1.78 bits per heavy atom. The molecule has 6 nitrogen and oxygen atoms in total. The first-order chi connectivity index (χ1) is 10.9. The molecule has 0 saturated heterocycles. The van der Waals surface area contributed by atoms with Gasteiger partial charge in [-0.25, -0.2) is 13.1 Å². The van der Waals surface area contributed by atoms with Gasteiger partial charge in [0, 0.05) is 26.1 Å². The van der Waals surface area contributed by atoms with Crippen molar-refractivity contribution < 1.29 is 17.9 Å². The number of methoxy groups -OCH3 is 1. The van der Waals surface area contributed by atoms with E-state index in [1.807, 2.05) is 13.8 Å². The maximum absolute atomic E-state index is 12.0. The number of carbonyl (C=O) groups is 1. The van der Waals surface area contributed by atoms with Crippen molar-refractivity contribution in [3.05, 3.63) is 29.8 Å². The molecule has 130 valence electrons. The number of hydrogen-bond acceptors (Lipinski definition) is 4. The number of amides is 1. The molecule has 0 unspecified atom stereocenters. The molecular weight excluding hydrogens is 316 g/mol. The van der Waals surface area contributed by atoms with E-state index in [0.717, 1.165) is 18.4 Å². The van der Waals surface area contributed by atoms with Crippen molar-refractivity contribution in [2.45, 2.75) is 38.1 Å². The van der Waals surface area contributed by atoms with Crippen LogP contribution in [0.2, 0.25) is 0 Å². The van der Waals surface area contributed by atoms with E-state index in [2.05, 4.69) is 10.0 Å². The van der Waals surface area contributed by atoms with E-state index in [9.17, 15) is 13.2 Å². The summed E-state index contributed by atoms with van der Waals surface area (Å²) >= 11 is 0. The highest BCUT2D eigenvalue weighted by Crippen LogP contribution is 2.11. The highest BCUT2D eigenvalue weighted by atomic mass is 32.2. The lowest BCUT2D eigenvalue weighted by Crippen LogP contribution is -2.29. The maximum Gasteiger partial charge on any atom is 0.240 e. The Hall–Kier alpha value is -1.44. The molecule has 0 fully saturated rings. The Morgan fingerprint density at radius 3 is 2.30 bits per heavy atom. The summed E-state index contributed by atoms with van der Waals surface area (Å²) in [5.41, 5.74) is 0.861. The minimum atomic E-state index is -3.52. The third kappa shape index (κ3) is 6.29. The van der Waals surface area contributed by atoms with Gasteiger partial charge in [-0.3, -0.25) is 4.79 Å². The predicted molar refractivity (Wildman–Crippen MR) is 89.4 cm³/mol. The van der Waals surface area contributed by atoms with Crippen LogP contribution >= 0.6 is 0 Å². The molecule has 1 aromatic carbocycles. The summed E-state index contributed by atoms with van der Waals surface area (Å²) < 4.78 is 31.3. The van der Waals surface area contributed by atoms with E-state index in [1.54, 1.807) is 12.1 Å². The summed E-state index contributed by atoms with van der Waals surface area (Å²) in [6, 6.07) is 6.48. The number of nitrogens with one attached hydrogen (secondary N) is 2. The van der Waals surface area contributed by atoms with Gasteiger partial charge in [0.25, 0.3) is 0 Å². The van der Waals surface area contributed by atoms with E-state index >= 15 is 0 Å². The van der Waals surface area contributed by atoms with Crippen LogP contribution in [0.4, 0.5) is 0 Å². The molecule has 0 radical (unpaired) electrons. The molecule has 0 bridgehead atoms. The largest absolute Gasteiger partial charge is 0.383 e. The molecule has 0 aliphatic carbocycles. The summed E-state index contributed by atoms with van der Waals surface area (Å²) in [6.45, 7) is 4.92. The highest BCUT2D eigenvalue weighted by Gasteiger charge is 2.15. The zero-order valence-electron chi connectivity index (χ0n) is 14.0. The first-order valence-corrected chi connectivity index (χ1v) is 9.28. The van der Waals surface area contributed by atoms with Gasteiger partial charge in [-0.05, 0) is 30.5 Å². The van der Waals surface area contributed by atoms with Crippen LogP contribution in [0.25, 0.3) is 0 Å². The van der Waals surface area contributed by atoms with Crippen LogP contribution in [0, 0.1) is 5.92 Å². The van der Waals surface area contributed by atoms with Crippen LogP contribution in [0.15, 0.2) is 29.2 Å². The lowest BCUT2D eigenvalue weighted by molar-refractivity contribution is -0.125. The average molecular weight is 342 g/mol. The Labute approximate surface area is 138 Å². The molecule has 0 heterocycles. The van der Waals surface area contributed by atoms with Crippen molar-refractivity contribution in [1.82, 2.24) is 10.0 Å². The van der Waals surface area contributed by atoms with Crippen LogP contribution in [-0.2, 0) is 26.1 Å². The maximum atomic E-state index is 12.0. The van der Waals surface area contributed by atoms with Crippen LogP contribution in [0.5, 0.6) is 0 Å². The summed E-state index contributed by atoms with van der Waals surface area (Å²) in [7, 11) is -2.01. The minimum absolute atomic E-state index is 0.0274. The zero-order chi connectivity index (χ0) is 17.3. The van der Waals surface area contributed by atoms with Gasteiger partial charge in [0.2, 0.25) is 15.9 Å². The molecule has 0 saturated carbocycles. The fraction of sp³-hybridized carbons (Fsp3) is 0.562. The predicted octanol–water partition coefficient (Wildman–Crippen LogP) is 1.66. The molecule has 0 spiro atoms. The molecule has 0 aliphatic heterocycles. The third-order valence-corrected chi connectivity index (χ3v) is 5.13. The van der Waals surface area contributed by atoms with E-state index < -0.39 is 10.0 Å². The van der Waals surface area contributed by atoms with E-state index in [4.69, 9.17) is 4.74 Å². The van der Waals surface area contributed by atoms with Gasteiger partial charge in [0.15, 0.2) is 0 Å². The van der Waals surface area contributed by atoms with Crippen molar-refractivity contribution in [1.29, 1.82) is 0 Å². The molecule has 2 N–H and O–H groups in total. The Morgan fingerprint density at radius 1 is 1.17 bits per heavy atom. The number of hydrogen-bond donors (Lipinski definition) is 2. The quantitative estimate of drug-likeness (QED) is 0.634. The number of carbonyl (C=O) groups excluding carboxylic acids is 1. The topological polar surface area (TPSA) is 84.5 Å². The molecule has 0 atom stereocenters. The lowest BCUT2D eigenvalue weighted by Gasteiger charge is -2.13. The number of sulfonamides is 1. The van der Waals surface area contributed by atoms with Crippen LogP contribution in [0.3, 0.4) is 0 Å². The van der Waals surface area contributed by atoms with Gasteiger partial charge < -0.3 is 10.1 Å². The van der Waals surface area contributed by atoms with Crippen molar-refractivity contribution in [3.63, 3.8) is 0 Å². The van der Waals surface area contributed by atoms with Gasteiger partial charge in [0.1, 0.15) is 0 Å². The summed E-state index contributed by atoms with van der Waals surface area (Å²) in [5, 5.41) is 2.88.